The fourth-order valence-electron chi connectivity index (χ4n) is 1.84. The Balaban J connectivity index is 1.99. The highest BCUT2D eigenvalue weighted by atomic mass is 16.5. The zero-order valence-corrected chi connectivity index (χ0v) is 11.5. The van der Waals surface area contributed by atoms with Crippen molar-refractivity contribution in [1.82, 2.24) is 5.32 Å². The van der Waals surface area contributed by atoms with Crippen molar-refractivity contribution in [1.29, 1.82) is 0 Å². The summed E-state index contributed by atoms with van der Waals surface area (Å²) in [6.07, 6.45) is 0. The van der Waals surface area contributed by atoms with Crippen molar-refractivity contribution >= 4 is 0 Å². The molecule has 0 bridgehead atoms. The van der Waals surface area contributed by atoms with Gasteiger partial charge in [0.15, 0.2) is 0 Å². The van der Waals surface area contributed by atoms with Crippen molar-refractivity contribution in [2.24, 2.45) is 0 Å². The number of hydrogen-bond acceptors (Lipinski definition) is 4. The van der Waals surface area contributed by atoms with E-state index < -0.39 is 0 Å². The summed E-state index contributed by atoms with van der Waals surface area (Å²) >= 11 is 0. The maximum absolute atomic E-state index is 5.71. The minimum absolute atomic E-state index is 0.414. The molecular weight excluding hydrogens is 242 g/mol. The Morgan fingerprint density at radius 3 is 2.74 bits per heavy atom. The van der Waals surface area contributed by atoms with Crippen LogP contribution >= 0.6 is 0 Å². The fourth-order valence-corrected chi connectivity index (χ4v) is 1.84. The van der Waals surface area contributed by atoms with E-state index in [1.54, 1.807) is 7.11 Å². The van der Waals surface area contributed by atoms with E-state index in [4.69, 9.17) is 13.9 Å². The first kappa shape index (κ1) is 13.5. The molecule has 19 heavy (non-hydrogen) atoms. The highest BCUT2D eigenvalue weighted by Gasteiger charge is 2.07. The molecule has 102 valence electrons. The van der Waals surface area contributed by atoms with Crippen molar-refractivity contribution in [2.75, 3.05) is 14.2 Å². The van der Waals surface area contributed by atoms with Crippen LogP contribution in [-0.4, -0.2) is 14.2 Å². The first-order valence-electron chi connectivity index (χ1n) is 6.22. The number of hydrogen-bond donors (Lipinski definition) is 1. The van der Waals surface area contributed by atoms with E-state index in [0.717, 1.165) is 35.1 Å². The molecule has 0 radical (unpaired) electrons. The largest absolute Gasteiger partial charge is 0.497 e. The minimum Gasteiger partial charge on any atom is -0.497 e. The molecule has 1 N–H and O–H groups in total. The molecule has 4 heteroatoms. The van der Waals surface area contributed by atoms with Gasteiger partial charge in [0, 0.05) is 6.07 Å². The Morgan fingerprint density at radius 2 is 2.00 bits per heavy atom. The number of aryl methyl sites for hydroxylation is 1. The van der Waals surface area contributed by atoms with E-state index in [1.165, 1.54) is 0 Å². The Kier molecular flexibility index (Phi) is 4.47. The molecule has 1 aromatic carbocycles. The van der Waals surface area contributed by atoms with E-state index in [2.05, 4.69) is 5.32 Å². The molecule has 0 saturated heterocycles. The molecule has 4 nitrogen and oxygen atoms in total. The third-order valence-electron chi connectivity index (χ3n) is 2.83. The van der Waals surface area contributed by atoms with Crippen molar-refractivity contribution in [3.63, 3.8) is 0 Å². The molecule has 0 unspecified atom stereocenters. The van der Waals surface area contributed by atoms with Crippen LogP contribution in [0.15, 0.2) is 34.7 Å². The monoisotopic (exact) mass is 261 g/mol. The van der Waals surface area contributed by atoms with Crippen LogP contribution in [0.3, 0.4) is 0 Å². The molecule has 1 aromatic heterocycles. The smallest absolute Gasteiger partial charge is 0.146 e. The van der Waals surface area contributed by atoms with Gasteiger partial charge in [-0.1, -0.05) is 6.07 Å². The average molecular weight is 261 g/mol. The fraction of sp³-hybridized carbons (Fsp3) is 0.333. The third-order valence-corrected chi connectivity index (χ3v) is 2.83. The molecule has 2 rings (SSSR count). The van der Waals surface area contributed by atoms with Gasteiger partial charge in [0.05, 0.1) is 13.7 Å². The predicted octanol–water partition coefficient (Wildman–Crippen LogP) is 2.90. The average Bonchev–Trinajstić information content (AvgIpc) is 2.78. The normalized spacial score (nSPS) is 10.5. The van der Waals surface area contributed by atoms with Gasteiger partial charge in [0.1, 0.15) is 29.6 Å². The number of methoxy groups -OCH3 is 1. The van der Waals surface area contributed by atoms with Crippen molar-refractivity contribution in [3.8, 4) is 11.5 Å². The van der Waals surface area contributed by atoms with Crippen LogP contribution in [0.25, 0.3) is 0 Å². The van der Waals surface area contributed by atoms with Crippen LogP contribution in [0, 0.1) is 6.92 Å². The zero-order valence-electron chi connectivity index (χ0n) is 11.5. The summed E-state index contributed by atoms with van der Waals surface area (Å²) in [5.41, 5.74) is 1.14. The van der Waals surface area contributed by atoms with E-state index in [-0.39, 0.29) is 0 Å². The number of rotatable bonds is 6. The standard InChI is InChI=1S/C15H19NO3/c1-11-7-14(19-15(11)9-16-2)10-18-13-6-4-5-12(8-13)17-3/h4-8,16H,9-10H2,1-3H3. The second-order valence-electron chi connectivity index (χ2n) is 4.32. The van der Waals surface area contributed by atoms with Gasteiger partial charge < -0.3 is 19.2 Å². The second-order valence-corrected chi connectivity index (χ2v) is 4.32. The van der Waals surface area contributed by atoms with Crippen molar-refractivity contribution in [2.45, 2.75) is 20.1 Å². The van der Waals surface area contributed by atoms with Crippen LogP contribution < -0.4 is 14.8 Å². The van der Waals surface area contributed by atoms with E-state index >= 15 is 0 Å². The van der Waals surface area contributed by atoms with Gasteiger partial charge >= 0.3 is 0 Å². The molecule has 2 aromatic rings. The van der Waals surface area contributed by atoms with Gasteiger partial charge in [-0.05, 0) is 37.7 Å². The number of nitrogens with one attached hydrogen (secondary N) is 1. The second kappa shape index (κ2) is 6.29. The van der Waals surface area contributed by atoms with Gasteiger partial charge in [-0.2, -0.15) is 0 Å². The van der Waals surface area contributed by atoms with E-state index in [1.807, 2.05) is 44.3 Å². The lowest BCUT2D eigenvalue weighted by Gasteiger charge is -2.06. The summed E-state index contributed by atoms with van der Waals surface area (Å²) in [6, 6.07) is 9.53. The maximum atomic E-state index is 5.71. The first-order chi connectivity index (χ1) is 9.22. The Morgan fingerprint density at radius 1 is 1.21 bits per heavy atom. The number of ether oxygens (including phenoxy) is 2. The third kappa shape index (κ3) is 3.51. The minimum atomic E-state index is 0.414. The predicted molar refractivity (Wildman–Crippen MR) is 73.5 cm³/mol. The van der Waals surface area contributed by atoms with Gasteiger partial charge in [0.2, 0.25) is 0 Å². The number of benzene rings is 1. The summed E-state index contributed by atoms with van der Waals surface area (Å²) in [5, 5.41) is 3.08. The molecule has 0 spiro atoms. The summed E-state index contributed by atoms with van der Waals surface area (Å²) in [5.74, 6) is 3.32. The van der Waals surface area contributed by atoms with Crippen molar-refractivity contribution < 1.29 is 13.9 Å². The summed E-state index contributed by atoms with van der Waals surface area (Å²) in [4.78, 5) is 0. The quantitative estimate of drug-likeness (QED) is 0.868. The Labute approximate surface area is 113 Å². The molecule has 0 amide bonds. The van der Waals surface area contributed by atoms with Crippen molar-refractivity contribution in [3.05, 3.63) is 47.4 Å². The summed E-state index contributed by atoms with van der Waals surface area (Å²) < 4.78 is 16.6. The van der Waals surface area contributed by atoms with Gasteiger partial charge in [-0.25, -0.2) is 0 Å². The lowest BCUT2D eigenvalue weighted by Crippen LogP contribution is -2.04. The Hall–Kier alpha value is -1.94. The topological polar surface area (TPSA) is 43.6 Å². The maximum Gasteiger partial charge on any atom is 0.146 e. The van der Waals surface area contributed by atoms with Gasteiger partial charge in [0.25, 0.3) is 0 Å². The highest BCUT2D eigenvalue weighted by Crippen LogP contribution is 2.21. The van der Waals surface area contributed by atoms with Crippen LogP contribution in [0.1, 0.15) is 17.1 Å². The molecular formula is C15H19NO3. The molecule has 0 fully saturated rings. The van der Waals surface area contributed by atoms with Gasteiger partial charge in [-0.15, -0.1) is 0 Å². The Bertz CT molecular complexity index is 534. The van der Waals surface area contributed by atoms with Crippen LogP contribution in [0.2, 0.25) is 0 Å². The molecule has 0 aliphatic carbocycles. The molecule has 1 heterocycles. The highest BCUT2D eigenvalue weighted by molar-refractivity contribution is 5.33. The lowest BCUT2D eigenvalue weighted by atomic mass is 10.2. The first-order valence-corrected chi connectivity index (χ1v) is 6.22. The van der Waals surface area contributed by atoms with Crippen LogP contribution in [0.5, 0.6) is 11.5 Å². The molecule has 0 saturated carbocycles. The number of furan rings is 1. The van der Waals surface area contributed by atoms with Crippen LogP contribution in [0.4, 0.5) is 0 Å². The van der Waals surface area contributed by atoms with Crippen LogP contribution in [-0.2, 0) is 13.2 Å². The lowest BCUT2D eigenvalue weighted by molar-refractivity contribution is 0.264. The molecule has 0 aliphatic heterocycles. The van der Waals surface area contributed by atoms with Gasteiger partial charge in [-0.3, -0.25) is 0 Å². The summed E-state index contributed by atoms with van der Waals surface area (Å²) in [6.45, 7) is 3.17. The SMILES string of the molecule is CNCc1oc(COc2cccc(OC)c2)cc1C. The van der Waals surface area contributed by atoms with E-state index in [9.17, 15) is 0 Å². The molecule has 0 atom stereocenters. The molecule has 0 aliphatic rings. The zero-order chi connectivity index (χ0) is 13.7. The summed E-state index contributed by atoms with van der Waals surface area (Å²) in [7, 11) is 3.54. The van der Waals surface area contributed by atoms with E-state index in [0.29, 0.717) is 6.61 Å².